The van der Waals surface area contributed by atoms with Gasteiger partial charge in [-0.2, -0.15) is 0 Å². The molecule has 0 saturated heterocycles. The van der Waals surface area contributed by atoms with Gasteiger partial charge in [-0.1, -0.05) is 37.5 Å². The minimum atomic E-state index is 0.508. The van der Waals surface area contributed by atoms with E-state index in [0.717, 1.165) is 17.2 Å². The van der Waals surface area contributed by atoms with Crippen molar-refractivity contribution in [2.24, 2.45) is 0 Å². The van der Waals surface area contributed by atoms with Gasteiger partial charge in [0.05, 0.1) is 11.9 Å². The summed E-state index contributed by atoms with van der Waals surface area (Å²) in [6, 6.07) is 12.6. The summed E-state index contributed by atoms with van der Waals surface area (Å²) in [4.78, 5) is 4.45. The smallest absolute Gasteiger partial charge is 0.171 e. The highest BCUT2D eigenvalue weighted by Crippen LogP contribution is 2.20. The molecule has 1 saturated carbocycles. The highest BCUT2D eigenvalue weighted by atomic mass is 32.1. The average Bonchev–Trinajstić information content (AvgIpc) is 2.59. The predicted molar refractivity (Wildman–Crippen MR) is 105 cm³/mol. The van der Waals surface area contributed by atoms with Crippen LogP contribution in [0.5, 0.6) is 0 Å². The van der Waals surface area contributed by atoms with Crippen LogP contribution in [0.1, 0.15) is 37.7 Å². The summed E-state index contributed by atoms with van der Waals surface area (Å²) >= 11 is 5.41. The maximum absolute atomic E-state index is 5.41. The molecule has 0 atom stereocenters. The fourth-order valence-electron chi connectivity index (χ4n) is 2.99. The molecule has 5 heteroatoms. The molecule has 0 spiro atoms. The van der Waals surface area contributed by atoms with E-state index in [1.54, 1.807) is 6.20 Å². The number of para-hydroxylation sites is 1. The lowest BCUT2D eigenvalue weighted by atomic mass is 9.96. The van der Waals surface area contributed by atoms with Crippen molar-refractivity contribution in [2.45, 2.75) is 45.1 Å². The summed E-state index contributed by atoms with van der Waals surface area (Å²) in [5.41, 5.74) is 3.16. The number of hydrogen-bond acceptors (Lipinski definition) is 3. The number of nitrogens with zero attached hydrogens (tertiary/aromatic N) is 1. The van der Waals surface area contributed by atoms with Crippen molar-refractivity contribution in [3.05, 3.63) is 48.2 Å². The number of pyridine rings is 1. The molecule has 126 valence electrons. The molecule has 0 aliphatic heterocycles. The first-order valence-corrected chi connectivity index (χ1v) is 8.98. The third kappa shape index (κ3) is 4.68. The van der Waals surface area contributed by atoms with Crippen molar-refractivity contribution in [1.29, 1.82) is 0 Å². The Morgan fingerprint density at radius 3 is 2.58 bits per heavy atom. The minimum absolute atomic E-state index is 0.508. The summed E-state index contributed by atoms with van der Waals surface area (Å²) < 4.78 is 0. The molecule has 4 nitrogen and oxygen atoms in total. The van der Waals surface area contributed by atoms with Crippen LogP contribution in [0.15, 0.2) is 42.6 Å². The van der Waals surface area contributed by atoms with Crippen molar-refractivity contribution in [1.82, 2.24) is 10.3 Å². The zero-order chi connectivity index (χ0) is 16.8. The first-order valence-electron chi connectivity index (χ1n) is 8.57. The summed E-state index contributed by atoms with van der Waals surface area (Å²) in [5, 5.41) is 10.6. The number of nitrogens with one attached hydrogen (secondary N) is 3. The van der Waals surface area contributed by atoms with E-state index in [0.29, 0.717) is 11.2 Å². The third-order valence-corrected chi connectivity index (χ3v) is 4.59. The van der Waals surface area contributed by atoms with Crippen LogP contribution in [-0.4, -0.2) is 16.1 Å². The van der Waals surface area contributed by atoms with Crippen LogP contribution in [-0.2, 0) is 0 Å². The molecule has 24 heavy (non-hydrogen) atoms. The molecule has 0 bridgehead atoms. The van der Waals surface area contributed by atoms with Gasteiger partial charge in [-0.3, -0.25) is 0 Å². The maximum atomic E-state index is 5.41. The second kappa shape index (κ2) is 8.11. The Bertz CT molecular complexity index is 678. The molecule has 1 aromatic carbocycles. The number of hydrogen-bond donors (Lipinski definition) is 3. The first-order chi connectivity index (χ1) is 11.7. The van der Waals surface area contributed by atoms with Gasteiger partial charge in [0, 0.05) is 11.7 Å². The lowest BCUT2D eigenvalue weighted by molar-refractivity contribution is 0.415. The topological polar surface area (TPSA) is 49.0 Å². The maximum Gasteiger partial charge on any atom is 0.171 e. The van der Waals surface area contributed by atoms with Crippen molar-refractivity contribution < 1.29 is 0 Å². The quantitative estimate of drug-likeness (QED) is 0.701. The molecule has 3 N–H and O–H groups in total. The summed E-state index contributed by atoms with van der Waals surface area (Å²) in [6.45, 7) is 2.08. The van der Waals surface area contributed by atoms with Crippen LogP contribution in [0.2, 0.25) is 0 Å². The molecular formula is C19H24N4S. The Labute approximate surface area is 149 Å². The molecule has 0 unspecified atom stereocenters. The Morgan fingerprint density at radius 1 is 1.08 bits per heavy atom. The van der Waals surface area contributed by atoms with E-state index >= 15 is 0 Å². The lowest BCUT2D eigenvalue weighted by Crippen LogP contribution is -2.38. The Balaban J connectivity index is 1.54. The molecule has 0 amide bonds. The van der Waals surface area contributed by atoms with Crippen LogP contribution < -0.4 is 16.0 Å². The van der Waals surface area contributed by atoms with Gasteiger partial charge in [0.1, 0.15) is 5.82 Å². The van der Waals surface area contributed by atoms with Gasteiger partial charge in [-0.25, -0.2) is 4.98 Å². The number of anilines is 3. The molecule has 3 rings (SSSR count). The van der Waals surface area contributed by atoms with E-state index in [4.69, 9.17) is 12.2 Å². The Morgan fingerprint density at radius 2 is 1.88 bits per heavy atom. The lowest BCUT2D eigenvalue weighted by Gasteiger charge is -2.24. The van der Waals surface area contributed by atoms with E-state index in [2.05, 4.69) is 33.9 Å². The summed E-state index contributed by atoms with van der Waals surface area (Å²) in [5.74, 6) is 0.820. The third-order valence-electron chi connectivity index (χ3n) is 4.37. The van der Waals surface area contributed by atoms with E-state index in [-0.39, 0.29) is 0 Å². The van der Waals surface area contributed by atoms with Crippen LogP contribution in [0, 0.1) is 6.92 Å². The van der Waals surface area contributed by atoms with Gasteiger partial charge in [-0.05, 0) is 55.7 Å². The van der Waals surface area contributed by atoms with Crippen LogP contribution in [0.4, 0.5) is 17.2 Å². The molecule has 2 aromatic rings. The second-order valence-electron chi connectivity index (χ2n) is 6.31. The van der Waals surface area contributed by atoms with Crippen molar-refractivity contribution in [3.63, 3.8) is 0 Å². The number of thiocarbonyl (C=S) groups is 1. The standard InChI is InChI=1S/C19H24N4S/c1-14-7-5-6-10-17(14)23-18-12-11-16(13-20-18)22-19(24)21-15-8-3-2-4-9-15/h5-7,10-13,15H,2-4,8-9H2,1H3,(H,20,23)(H2,21,22,24). The summed E-state index contributed by atoms with van der Waals surface area (Å²) in [7, 11) is 0. The van der Waals surface area contributed by atoms with Crippen LogP contribution in [0.25, 0.3) is 0 Å². The van der Waals surface area contributed by atoms with Gasteiger partial charge in [0.2, 0.25) is 0 Å². The van der Waals surface area contributed by atoms with Crippen molar-refractivity contribution >= 4 is 34.5 Å². The fraction of sp³-hybridized carbons (Fsp3) is 0.368. The number of rotatable bonds is 4. The highest BCUT2D eigenvalue weighted by Gasteiger charge is 2.13. The number of aryl methyl sites for hydroxylation is 1. The van der Waals surface area contributed by atoms with Crippen LogP contribution in [0.3, 0.4) is 0 Å². The first kappa shape index (κ1) is 16.7. The molecular weight excluding hydrogens is 316 g/mol. The van der Waals surface area contributed by atoms with Gasteiger partial charge in [0.15, 0.2) is 5.11 Å². The van der Waals surface area contributed by atoms with E-state index in [9.17, 15) is 0 Å². The Kier molecular flexibility index (Phi) is 5.64. The minimum Gasteiger partial charge on any atom is -0.360 e. The monoisotopic (exact) mass is 340 g/mol. The normalized spacial score (nSPS) is 14.9. The largest absolute Gasteiger partial charge is 0.360 e. The van der Waals surface area contributed by atoms with Crippen LogP contribution >= 0.6 is 12.2 Å². The van der Waals surface area contributed by atoms with Gasteiger partial charge in [0.25, 0.3) is 0 Å². The molecule has 1 heterocycles. The SMILES string of the molecule is Cc1ccccc1Nc1ccc(NC(=S)NC2CCCCC2)cn1. The Hall–Kier alpha value is -2.14. The molecule has 1 aliphatic rings. The van der Waals surface area contributed by atoms with Crippen molar-refractivity contribution in [3.8, 4) is 0 Å². The van der Waals surface area contributed by atoms with E-state index < -0.39 is 0 Å². The molecule has 0 radical (unpaired) electrons. The predicted octanol–water partition coefficient (Wildman–Crippen LogP) is 4.75. The average molecular weight is 340 g/mol. The van der Waals surface area contributed by atoms with E-state index in [1.807, 2.05) is 30.3 Å². The summed E-state index contributed by atoms with van der Waals surface area (Å²) in [6.07, 6.45) is 8.15. The number of aromatic nitrogens is 1. The molecule has 1 aliphatic carbocycles. The fourth-order valence-corrected chi connectivity index (χ4v) is 3.28. The highest BCUT2D eigenvalue weighted by molar-refractivity contribution is 7.80. The number of benzene rings is 1. The molecule has 1 aromatic heterocycles. The zero-order valence-corrected chi connectivity index (χ0v) is 14.8. The zero-order valence-electron chi connectivity index (χ0n) is 14.0. The van der Waals surface area contributed by atoms with Gasteiger partial charge in [-0.15, -0.1) is 0 Å². The second-order valence-corrected chi connectivity index (χ2v) is 6.71. The van der Waals surface area contributed by atoms with E-state index in [1.165, 1.54) is 37.7 Å². The van der Waals surface area contributed by atoms with Crippen molar-refractivity contribution in [2.75, 3.05) is 10.6 Å². The van der Waals surface area contributed by atoms with Gasteiger partial charge < -0.3 is 16.0 Å². The van der Waals surface area contributed by atoms with Gasteiger partial charge >= 0.3 is 0 Å². The molecule has 1 fully saturated rings.